The first-order valence-electron chi connectivity index (χ1n) is 19.9. The molecular weight excluding hydrogens is 765 g/mol. The minimum Gasteiger partial charge on any atom is -0.391 e. The Labute approximate surface area is 342 Å². The number of nitrogens with two attached hydrogens (primary N) is 5. The van der Waals surface area contributed by atoms with Crippen molar-refractivity contribution < 1.29 is 33.9 Å². The van der Waals surface area contributed by atoms with Crippen LogP contribution in [0.5, 0.6) is 0 Å². The Morgan fingerprint density at radius 2 is 1.32 bits per heavy atom. The molecule has 2 aromatic rings. The van der Waals surface area contributed by atoms with Gasteiger partial charge in [-0.25, -0.2) is 0 Å². The average molecular weight is 825 g/mol. The summed E-state index contributed by atoms with van der Waals surface area (Å²) in [6, 6.07) is -0.994. The maximum absolute atomic E-state index is 14.7. The molecule has 2 fully saturated rings. The van der Waals surface area contributed by atoms with Crippen LogP contribution in [0.2, 0.25) is 0 Å². The van der Waals surface area contributed by atoms with E-state index in [1.54, 1.807) is 20.0 Å². The number of hydrogen-bond acceptors (Lipinski definition) is 10. The highest BCUT2D eigenvalue weighted by Gasteiger charge is 2.43. The molecular formula is C38H60N14O7. The van der Waals surface area contributed by atoms with Gasteiger partial charge in [-0.15, -0.1) is 0 Å². The lowest BCUT2D eigenvalue weighted by molar-refractivity contribution is -0.143. The summed E-state index contributed by atoms with van der Waals surface area (Å²) < 4.78 is 0. The Morgan fingerprint density at radius 3 is 1.90 bits per heavy atom. The van der Waals surface area contributed by atoms with Crippen LogP contribution in [0.3, 0.4) is 0 Å². The minimum atomic E-state index is -1.55. The molecule has 0 saturated carbocycles. The number of nitrogens with zero attached hydrogens (tertiary/aromatic N) is 3. The van der Waals surface area contributed by atoms with Crippen molar-refractivity contribution in [3.8, 4) is 0 Å². The fourth-order valence-electron chi connectivity index (χ4n) is 7.23. The van der Waals surface area contributed by atoms with Crippen molar-refractivity contribution in [2.45, 2.75) is 114 Å². The van der Waals surface area contributed by atoms with Crippen LogP contribution in [-0.2, 0) is 35.2 Å². The van der Waals surface area contributed by atoms with Crippen molar-refractivity contribution in [1.82, 2.24) is 36.5 Å². The maximum Gasteiger partial charge on any atom is 0.246 e. The lowest BCUT2D eigenvalue weighted by Crippen LogP contribution is -2.63. The van der Waals surface area contributed by atoms with Gasteiger partial charge >= 0.3 is 0 Å². The van der Waals surface area contributed by atoms with Crippen LogP contribution in [0.4, 0.5) is 0 Å². The number of guanidine groups is 2. The standard InChI is InChI=1S/C38H60N14O7/c1-4-19(2)29-34(57)48-26(12-8-14-45-38(42)43)31(54)47-25(11-7-13-44-37(40)41)32(55)49-27(15-21-17-46-24-10-6-5-9-23(21)24)36(59)52-18-22(39)16-28(52)33(56)51-30(20(3)53)35(58)50-29/h5-6,9-10,17,19-20,22,25-30,46,53H,4,7-8,11-16,18,39H2,1-3H3,(H,47,54)(H,48,57)(H,49,55)(H,50,58)(H,51,56)(H4,40,41,44)(H4,42,43,45)/t19-,20+,22+,25-,26+,27-,28+,29-,30-/m0/s1. The summed E-state index contributed by atoms with van der Waals surface area (Å²) in [6.45, 7) is 4.99. The molecule has 17 N–H and O–H groups in total. The van der Waals surface area contributed by atoms with E-state index < -0.39 is 89.8 Å². The quantitative estimate of drug-likeness (QED) is 0.0535. The van der Waals surface area contributed by atoms with Gasteiger partial charge in [0.25, 0.3) is 0 Å². The van der Waals surface area contributed by atoms with Gasteiger partial charge < -0.3 is 70.2 Å². The number of aromatic nitrogens is 1. The van der Waals surface area contributed by atoms with E-state index in [4.69, 9.17) is 28.7 Å². The molecule has 1 aromatic carbocycles. The van der Waals surface area contributed by atoms with E-state index in [1.807, 2.05) is 24.3 Å². The lowest BCUT2D eigenvalue weighted by Gasteiger charge is -2.32. The number of fused-ring (bicyclic) bond motifs is 2. The molecule has 0 unspecified atom stereocenters. The van der Waals surface area contributed by atoms with E-state index in [2.05, 4.69) is 41.6 Å². The fourth-order valence-corrected chi connectivity index (χ4v) is 7.23. The Hall–Kier alpha value is -5.96. The summed E-state index contributed by atoms with van der Waals surface area (Å²) in [5.41, 5.74) is 29.8. The Bertz CT molecular complexity index is 1870. The van der Waals surface area contributed by atoms with Gasteiger partial charge in [-0.1, -0.05) is 38.5 Å². The number of carbonyl (C=O) groups excluding carboxylic acids is 6. The first-order chi connectivity index (χ1) is 28.0. The second-order valence-electron chi connectivity index (χ2n) is 15.2. The van der Waals surface area contributed by atoms with Crippen LogP contribution in [-0.4, -0.2) is 130 Å². The molecule has 0 aliphatic carbocycles. The summed E-state index contributed by atoms with van der Waals surface area (Å²) in [7, 11) is 0. The molecule has 21 heteroatoms. The number of benzene rings is 1. The highest BCUT2D eigenvalue weighted by molar-refractivity contribution is 5.99. The summed E-state index contributed by atoms with van der Waals surface area (Å²) in [6.07, 6.45) is 1.19. The maximum atomic E-state index is 14.7. The average Bonchev–Trinajstić information content (AvgIpc) is 3.79. The summed E-state index contributed by atoms with van der Waals surface area (Å²) in [5, 5.41) is 25.1. The number of aliphatic hydroxyl groups is 1. The largest absolute Gasteiger partial charge is 0.391 e. The third kappa shape index (κ3) is 12.5. The van der Waals surface area contributed by atoms with Crippen LogP contribution in [0.15, 0.2) is 40.4 Å². The second-order valence-corrected chi connectivity index (χ2v) is 15.2. The van der Waals surface area contributed by atoms with Gasteiger partial charge in [0.2, 0.25) is 35.4 Å². The third-order valence-corrected chi connectivity index (χ3v) is 10.6. The van der Waals surface area contributed by atoms with Gasteiger partial charge in [-0.2, -0.15) is 0 Å². The fraction of sp³-hybridized carbons (Fsp3) is 0.579. The zero-order valence-electron chi connectivity index (χ0n) is 33.8. The SMILES string of the molecule is CC[C@H](C)[C@@H]1NC(=O)[C@H]([C@@H](C)O)NC(=O)[C@H]2C[C@@H](N)CN2C(=O)[C@H](Cc2c[nH]c3ccccc23)NC(=O)[C@H](CCCN=C(N)N)NC(=O)[C@@H](CCCN=C(N)N)NC1=O. The number of carbonyl (C=O) groups is 6. The highest BCUT2D eigenvalue weighted by Crippen LogP contribution is 2.23. The highest BCUT2D eigenvalue weighted by atomic mass is 16.3. The Balaban J connectivity index is 1.81. The zero-order chi connectivity index (χ0) is 43.4. The smallest absolute Gasteiger partial charge is 0.246 e. The molecule has 21 nitrogen and oxygen atoms in total. The molecule has 9 atom stereocenters. The molecule has 1 aromatic heterocycles. The van der Waals surface area contributed by atoms with Crippen LogP contribution < -0.4 is 55.3 Å². The lowest BCUT2D eigenvalue weighted by atomic mass is 9.96. The number of hydrogen-bond donors (Lipinski definition) is 12. The van der Waals surface area contributed by atoms with Crippen molar-refractivity contribution in [2.24, 2.45) is 44.6 Å². The number of rotatable bonds is 13. The van der Waals surface area contributed by atoms with Gasteiger partial charge in [-0.05, 0) is 56.6 Å². The third-order valence-electron chi connectivity index (χ3n) is 10.6. The molecule has 4 rings (SSSR count). The van der Waals surface area contributed by atoms with E-state index in [0.29, 0.717) is 12.0 Å². The Kier molecular flexibility index (Phi) is 16.4. The van der Waals surface area contributed by atoms with Gasteiger partial charge in [0.15, 0.2) is 11.9 Å². The van der Waals surface area contributed by atoms with E-state index in [-0.39, 0.29) is 70.1 Å². The molecule has 0 radical (unpaired) electrons. The first-order valence-corrected chi connectivity index (χ1v) is 19.9. The van der Waals surface area contributed by atoms with Crippen LogP contribution in [0, 0.1) is 5.92 Å². The molecule has 59 heavy (non-hydrogen) atoms. The predicted octanol–water partition coefficient (Wildman–Crippen LogP) is -3.39. The number of aromatic amines is 1. The van der Waals surface area contributed by atoms with Crippen LogP contribution in [0.1, 0.15) is 64.9 Å². The number of amides is 6. The monoisotopic (exact) mass is 824 g/mol. The number of H-pyrrole nitrogens is 1. The van der Waals surface area contributed by atoms with E-state index in [1.165, 1.54) is 11.8 Å². The van der Waals surface area contributed by atoms with Crippen molar-refractivity contribution in [3.05, 3.63) is 36.0 Å². The van der Waals surface area contributed by atoms with E-state index in [0.717, 1.165) is 10.9 Å². The number of aliphatic imine (C=N–C) groups is 2. The van der Waals surface area contributed by atoms with Gasteiger partial charge in [-0.3, -0.25) is 38.8 Å². The summed E-state index contributed by atoms with van der Waals surface area (Å²) in [4.78, 5) is 97.5. The zero-order valence-corrected chi connectivity index (χ0v) is 33.8. The number of nitrogens with one attached hydrogen (secondary N) is 6. The molecule has 2 saturated heterocycles. The molecule has 6 amide bonds. The van der Waals surface area contributed by atoms with E-state index in [9.17, 15) is 33.9 Å². The van der Waals surface area contributed by atoms with Crippen molar-refractivity contribution >= 4 is 58.3 Å². The summed E-state index contributed by atoms with van der Waals surface area (Å²) >= 11 is 0. The van der Waals surface area contributed by atoms with Crippen molar-refractivity contribution in [3.63, 3.8) is 0 Å². The molecule has 0 spiro atoms. The molecule has 3 heterocycles. The molecule has 324 valence electrons. The topological polar surface area (TPSA) is 357 Å². The minimum absolute atomic E-state index is 0.0164. The first kappa shape index (κ1) is 45.7. The van der Waals surface area contributed by atoms with Crippen molar-refractivity contribution in [1.29, 1.82) is 0 Å². The van der Waals surface area contributed by atoms with E-state index >= 15 is 0 Å². The number of para-hydroxylation sites is 1. The second kappa shape index (κ2) is 21.2. The normalized spacial score (nSPS) is 25.9. The molecule has 0 bridgehead atoms. The van der Waals surface area contributed by atoms with Gasteiger partial charge in [0, 0.05) is 49.2 Å². The van der Waals surface area contributed by atoms with Gasteiger partial charge in [0.1, 0.15) is 36.3 Å². The Morgan fingerprint density at radius 1 is 0.780 bits per heavy atom. The summed E-state index contributed by atoms with van der Waals surface area (Å²) in [5.74, 6) is -5.27. The van der Waals surface area contributed by atoms with Crippen LogP contribution >= 0.6 is 0 Å². The van der Waals surface area contributed by atoms with Crippen LogP contribution in [0.25, 0.3) is 10.9 Å². The molecule has 2 aliphatic rings. The van der Waals surface area contributed by atoms with Gasteiger partial charge in [0.05, 0.1) is 6.10 Å². The predicted molar refractivity (Wildman–Crippen MR) is 221 cm³/mol. The van der Waals surface area contributed by atoms with Crippen molar-refractivity contribution in [2.75, 3.05) is 19.6 Å². The molecule has 2 aliphatic heterocycles. The number of aliphatic hydroxyl groups excluding tert-OH is 1.